The predicted octanol–water partition coefficient (Wildman–Crippen LogP) is 0.954. The van der Waals surface area contributed by atoms with Gasteiger partial charge in [0.1, 0.15) is 15.1 Å². The third kappa shape index (κ3) is 1.80. The number of benzene rings is 2. The summed E-state index contributed by atoms with van der Waals surface area (Å²) >= 11 is 0. The van der Waals surface area contributed by atoms with E-state index in [1.807, 2.05) is 50.5 Å². The Morgan fingerprint density at radius 1 is 0.882 bits per heavy atom. The molecule has 0 aliphatic rings. The zero-order valence-electron chi connectivity index (χ0n) is 9.51. The smallest absolute Gasteiger partial charge is 0.148 e. The van der Waals surface area contributed by atoms with E-state index in [1.54, 1.807) is 0 Å². The van der Waals surface area contributed by atoms with Gasteiger partial charge in [-0.2, -0.15) is 0 Å². The third-order valence-corrected chi connectivity index (χ3v) is 2.81. The van der Waals surface area contributed by atoms with Crippen LogP contribution in [0.1, 0.15) is 0 Å². The largest absolute Gasteiger partial charge is 0.245 e. The first-order chi connectivity index (χ1) is 8.26. The van der Waals surface area contributed by atoms with Crippen LogP contribution in [0.25, 0.3) is 22.1 Å². The van der Waals surface area contributed by atoms with E-state index in [1.165, 1.54) is 0 Å². The van der Waals surface area contributed by atoms with E-state index in [2.05, 4.69) is 9.97 Å². The highest BCUT2D eigenvalue weighted by atomic mass is 14.8. The molecule has 1 aromatic heterocycles. The molecule has 0 saturated carbocycles. The summed E-state index contributed by atoms with van der Waals surface area (Å²) < 4.78 is 0. The summed E-state index contributed by atoms with van der Waals surface area (Å²) in [5, 5.41) is 0. The summed E-state index contributed by atoms with van der Waals surface area (Å²) in [7, 11) is 7.79. The Hall–Kier alpha value is -1.83. The van der Waals surface area contributed by atoms with Crippen LogP contribution >= 0.6 is 0 Å². The first-order valence-corrected chi connectivity index (χ1v) is 5.53. The zero-order chi connectivity index (χ0) is 11.8. The molecule has 17 heavy (non-hydrogen) atoms. The van der Waals surface area contributed by atoms with E-state index in [4.69, 9.17) is 7.85 Å². The maximum Gasteiger partial charge on any atom is 0.148 e. The first kappa shape index (κ1) is 10.3. The summed E-state index contributed by atoms with van der Waals surface area (Å²) in [5.41, 5.74) is 5.39. The second kappa shape index (κ2) is 3.88. The van der Waals surface area contributed by atoms with E-state index in [-0.39, 0.29) is 0 Å². The van der Waals surface area contributed by atoms with Gasteiger partial charge in [0.25, 0.3) is 0 Å². The molecular weight excluding hydrogens is 206 g/mol. The van der Waals surface area contributed by atoms with Gasteiger partial charge in [-0.05, 0) is 24.3 Å². The molecule has 4 heteroatoms. The zero-order valence-corrected chi connectivity index (χ0v) is 9.51. The standard InChI is InChI=1S/C13H9B2N2/c1-15-9-3-5-11-13(7-9)17-10-4-2-8(14)6-12(10)16-11/h2-7H,1H3. The molecule has 0 fully saturated rings. The molecule has 0 bridgehead atoms. The van der Waals surface area contributed by atoms with Crippen LogP contribution in [0.3, 0.4) is 0 Å². The summed E-state index contributed by atoms with van der Waals surface area (Å²) in [5.74, 6) is 0. The van der Waals surface area contributed by atoms with Crippen molar-refractivity contribution in [1.29, 1.82) is 0 Å². The second-order valence-electron chi connectivity index (χ2n) is 4.01. The van der Waals surface area contributed by atoms with Crippen LogP contribution in [0, 0.1) is 0 Å². The Morgan fingerprint density at radius 3 is 2.24 bits per heavy atom. The fourth-order valence-electron chi connectivity index (χ4n) is 1.89. The minimum Gasteiger partial charge on any atom is -0.245 e. The molecule has 2 aromatic carbocycles. The summed E-state index contributed by atoms with van der Waals surface area (Å²) in [4.78, 5) is 9.15. The van der Waals surface area contributed by atoms with Crippen molar-refractivity contribution in [3.63, 3.8) is 0 Å². The molecule has 77 valence electrons. The second-order valence-corrected chi connectivity index (χ2v) is 4.01. The Morgan fingerprint density at radius 2 is 1.53 bits per heavy atom. The number of fused-ring (bicyclic) bond motifs is 2. The molecule has 0 saturated heterocycles. The van der Waals surface area contributed by atoms with Gasteiger partial charge in [0.2, 0.25) is 0 Å². The van der Waals surface area contributed by atoms with E-state index in [0.29, 0.717) is 5.46 Å². The van der Waals surface area contributed by atoms with E-state index < -0.39 is 0 Å². The summed E-state index contributed by atoms with van der Waals surface area (Å²) in [6, 6.07) is 11.7. The molecule has 3 aromatic rings. The molecule has 0 spiro atoms. The lowest BCUT2D eigenvalue weighted by atomic mass is 9.73. The molecular formula is C13H9B2N2. The van der Waals surface area contributed by atoms with Gasteiger partial charge in [0, 0.05) is 0 Å². The van der Waals surface area contributed by atoms with Crippen molar-refractivity contribution >= 4 is 48.1 Å². The molecule has 3 rings (SSSR count). The van der Waals surface area contributed by atoms with E-state index in [0.717, 1.165) is 27.5 Å². The Kier molecular flexibility index (Phi) is 2.36. The van der Waals surface area contributed by atoms with E-state index in [9.17, 15) is 0 Å². The topological polar surface area (TPSA) is 25.8 Å². The van der Waals surface area contributed by atoms with Crippen LogP contribution < -0.4 is 10.9 Å². The number of hydrogen-bond acceptors (Lipinski definition) is 2. The van der Waals surface area contributed by atoms with Gasteiger partial charge in [-0.15, -0.1) is 0 Å². The minimum absolute atomic E-state index is 0.713. The average Bonchev–Trinajstić information content (AvgIpc) is 2.35. The molecule has 0 amide bonds. The lowest BCUT2D eigenvalue weighted by Gasteiger charge is -2.03. The monoisotopic (exact) mass is 215 g/mol. The Balaban J connectivity index is 2.35. The van der Waals surface area contributed by atoms with Crippen molar-refractivity contribution < 1.29 is 0 Å². The highest BCUT2D eigenvalue weighted by Gasteiger charge is 2.02. The minimum atomic E-state index is 0.713. The Labute approximate surface area is 102 Å². The van der Waals surface area contributed by atoms with Gasteiger partial charge in [-0.25, -0.2) is 9.97 Å². The fourth-order valence-corrected chi connectivity index (χ4v) is 1.89. The van der Waals surface area contributed by atoms with Gasteiger partial charge < -0.3 is 0 Å². The van der Waals surface area contributed by atoms with Gasteiger partial charge in [0.15, 0.2) is 0 Å². The fraction of sp³-hybridized carbons (Fsp3) is 0.0769. The number of hydrogen-bond donors (Lipinski definition) is 0. The van der Waals surface area contributed by atoms with Crippen molar-refractivity contribution in [3.05, 3.63) is 36.4 Å². The predicted molar refractivity (Wildman–Crippen MR) is 73.7 cm³/mol. The van der Waals surface area contributed by atoms with Crippen molar-refractivity contribution in [2.45, 2.75) is 6.82 Å². The SMILES string of the molecule is [B]c1ccc2nc3cc([B]C)ccc3nc2c1. The summed E-state index contributed by atoms with van der Waals surface area (Å²) in [6.07, 6.45) is 0. The van der Waals surface area contributed by atoms with Crippen LogP contribution in [0.2, 0.25) is 6.82 Å². The van der Waals surface area contributed by atoms with Crippen LogP contribution in [-0.2, 0) is 0 Å². The van der Waals surface area contributed by atoms with Crippen LogP contribution in [0.4, 0.5) is 0 Å². The van der Waals surface area contributed by atoms with Gasteiger partial charge in [0.05, 0.1) is 22.1 Å². The molecule has 0 N–H and O–H groups in total. The quantitative estimate of drug-likeness (QED) is 0.446. The maximum absolute atomic E-state index is 5.74. The highest BCUT2D eigenvalue weighted by Crippen LogP contribution is 2.13. The Bertz CT molecular complexity index is 710. The van der Waals surface area contributed by atoms with Crippen LogP contribution in [-0.4, -0.2) is 25.1 Å². The van der Waals surface area contributed by atoms with E-state index >= 15 is 0 Å². The molecule has 1 heterocycles. The summed E-state index contributed by atoms with van der Waals surface area (Å²) in [6.45, 7) is 2.01. The van der Waals surface area contributed by atoms with Crippen molar-refractivity contribution in [3.8, 4) is 0 Å². The number of aromatic nitrogens is 2. The maximum atomic E-state index is 5.74. The first-order valence-electron chi connectivity index (χ1n) is 5.53. The van der Waals surface area contributed by atoms with Crippen LogP contribution in [0.5, 0.6) is 0 Å². The van der Waals surface area contributed by atoms with Crippen LogP contribution in [0.15, 0.2) is 36.4 Å². The highest BCUT2D eigenvalue weighted by molar-refractivity contribution is 6.52. The molecule has 0 atom stereocenters. The molecule has 0 aliphatic carbocycles. The number of nitrogens with zero attached hydrogens (tertiary/aromatic N) is 2. The molecule has 3 radical (unpaired) electrons. The normalized spacial score (nSPS) is 10.9. The molecule has 0 unspecified atom stereocenters. The molecule has 2 nitrogen and oxygen atoms in total. The lowest BCUT2D eigenvalue weighted by Crippen LogP contribution is -2.10. The number of rotatable bonds is 1. The van der Waals surface area contributed by atoms with Gasteiger partial charge in [-0.1, -0.05) is 29.9 Å². The third-order valence-electron chi connectivity index (χ3n) is 2.81. The van der Waals surface area contributed by atoms with Crippen molar-refractivity contribution in [2.75, 3.05) is 0 Å². The lowest BCUT2D eigenvalue weighted by molar-refractivity contribution is 1.40. The van der Waals surface area contributed by atoms with Gasteiger partial charge in [-0.3, -0.25) is 0 Å². The molecule has 0 aliphatic heterocycles. The van der Waals surface area contributed by atoms with Crippen molar-refractivity contribution in [2.24, 2.45) is 0 Å². The average molecular weight is 215 g/mol. The van der Waals surface area contributed by atoms with Crippen molar-refractivity contribution in [1.82, 2.24) is 9.97 Å². The van der Waals surface area contributed by atoms with Gasteiger partial charge >= 0.3 is 0 Å².